The highest BCUT2D eigenvalue weighted by Gasteiger charge is 2.34. The molecule has 1 aromatic rings. The van der Waals surface area contributed by atoms with E-state index >= 15 is 0 Å². The second-order valence-electron chi connectivity index (χ2n) is 4.79. The van der Waals surface area contributed by atoms with Crippen LogP contribution in [0.15, 0.2) is 12.3 Å². The van der Waals surface area contributed by atoms with Gasteiger partial charge in [0.05, 0.1) is 5.69 Å². The summed E-state index contributed by atoms with van der Waals surface area (Å²) in [7, 11) is 0. The molecule has 1 aliphatic rings. The van der Waals surface area contributed by atoms with Gasteiger partial charge in [-0.25, -0.2) is 4.98 Å². The van der Waals surface area contributed by atoms with Crippen molar-refractivity contribution in [1.82, 2.24) is 4.98 Å². The van der Waals surface area contributed by atoms with Gasteiger partial charge in [-0.15, -0.1) is 0 Å². The maximum atomic E-state index is 11.8. The molecule has 0 radical (unpaired) electrons. The molecule has 0 aromatic carbocycles. The number of rotatable bonds is 3. The van der Waals surface area contributed by atoms with E-state index in [1.54, 1.807) is 12.3 Å². The number of halogens is 1. The van der Waals surface area contributed by atoms with Gasteiger partial charge < -0.3 is 11.1 Å². The lowest BCUT2D eigenvalue weighted by atomic mass is 9.75. The molecule has 1 heterocycles. The number of hydrogen-bond donors (Lipinski definition) is 2. The van der Waals surface area contributed by atoms with E-state index in [4.69, 9.17) is 17.3 Å². The second kappa shape index (κ2) is 4.63. The molecule has 1 saturated carbocycles. The number of hydrogen-bond acceptors (Lipinski definition) is 3. The summed E-state index contributed by atoms with van der Waals surface area (Å²) < 4.78 is 0. The van der Waals surface area contributed by atoms with Gasteiger partial charge in [-0.2, -0.15) is 0 Å². The van der Waals surface area contributed by atoms with Gasteiger partial charge in [0, 0.05) is 18.2 Å². The fraction of sp³-hybridized carbons (Fsp3) is 0.500. The highest BCUT2D eigenvalue weighted by atomic mass is 35.5. The molecule has 1 aliphatic carbocycles. The molecule has 5 heteroatoms. The number of amides is 1. The summed E-state index contributed by atoms with van der Waals surface area (Å²) in [5.74, 6) is -0.0958. The summed E-state index contributed by atoms with van der Waals surface area (Å²) in [4.78, 5) is 15.8. The first-order valence-corrected chi connectivity index (χ1v) is 6.07. The maximum absolute atomic E-state index is 11.8. The van der Waals surface area contributed by atoms with Crippen molar-refractivity contribution >= 4 is 23.2 Å². The van der Waals surface area contributed by atoms with Crippen molar-refractivity contribution in [3.05, 3.63) is 23.0 Å². The van der Waals surface area contributed by atoms with Crippen LogP contribution in [0.2, 0.25) is 5.15 Å². The van der Waals surface area contributed by atoms with Gasteiger partial charge in [-0.3, -0.25) is 4.79 Å². The van der Waals surface area contributed by atoms with Crippen molar-refractivity contribution in [3.63, 3.8) is 0 Å². The average molecular weight is 254 g/mol. The number of carbonyl (C=O) groups is 1. The maximum Gasteiger partial charge on any atom is 0.226 e. The Morgan fingerprint density at radius 1 is 1.65 bits per heavy atom. The summed E-state index contributed by atoms with van der Waals surface area (Å²) in [5, 5.41) is 3.07. The van der Waals surface area contributed by atoms with Crippen molar-refractivity contribution in [2.24, 2.45) is 5.73 Å². The monoisotopic (exact) mass is 253 g/mol. The van der Waals surface area contributed by atoms with Crippen LogP contribution in [0.3, 0.4) is 0 Å². The Balaban J connectivity index is 2.00. The highest BCUT2D eigenvalue weighted by Crippen LogP contribution is 2.32. The normalized spacial score (nSPS) is 17.4. The number of anilines is 1. The molecule has 0 spiro atoms. The number of aromatic nitrogens is 1. The van der Waals surface area contributed by atoms with Gasteiger partial charge in [0.25, 0.3) is 0 Å². The van der Waals surface area contributed by atoms with Crippen LogP contribution in [-0.4, -0.2) is 16.4 Å². The van der Waals surface area contributed by atoms with E-state index in [1.165, 1.54) is 0 Å². The zero-order chi connectivity index (χ0) is 12.5. The van der Waals surface area contributed by atoms with Gasteiger partial charge >= 0.3 is 0 Å². The summed E-state index contributed by atoms with van der Waals surface area (Å²) >= 11 is 5.90. The van der Waals surface area contributed by atoms with Gasteiger partial charge in [-0.1, -0.05) is 11.6 Å². The third kappa shape index (κ3) is 2.96. The fourth-order valence-electron chi connectivity index (χ4n) is 1.96. The summed E-state index contributed by atoms with van der Waals surface area (Å²) in [6.45, 7) is 1.90. The Hall–Kier alpha value is -1.13. The van der Waals surface area contributed by atoms with Crippen molar-refractivity contribution in [3.8, 4) is 0 Å². The predicted molar refractivity (Wildman–Crippen MR) is 68.0 cm³/mol. The lowest BCUT2D eigenvalue weighted by Crippen LogP contribution is -2.48. The summed E-state index contributed by atoms with van der Waals surface area (Å²) in [6, 6.07) is 1.80. The molecule has 2 rings (SSSR count). The van der Waals surface area contributed by atoms with Crippen molar-refractivity contribution in [2.75, 3.05) is 5.32 Å². The van der Waals surface area contributed by atoms with Crippen molar-refractivity contribution < 1.29 is 4.79 Å². The number of nitrogens with one attached hydrogen (secondary N) is 1. The van der Waals surface area contributed by atoms with Crippen LogP contribution >= 0.6 is 11.6 Å². The molecular weight excluding hydrogens is 238 g/mol. The first-order chi connectivity index (χ1) is 7.98. The Labute approximate surface area is 106 Å². The minimum absolute atomic E-state index is 0.0958. The quantitative estimate of drug-likeness (QED) is 0.812. The standard InChI is InChI=1S/C12H16ClN3O/c1-8-5-9(11(13)15-7-8)16-10(17)6-12(14)3-2-4-12/h5,7H,2-4,6,14H2,1H3,(H,16,17). The molecule has 92 valence electrons. The SMILES string of the molecule is Cc1cnc(Cl)c(NC(=O)CC2(N)CCC2)c1. The first-order valence-electron chi connectivity index (χ1n) is 5.69. The Morgan fingerprint density at radius 2 is 2.35 bits per heavy atom. The van der Waals surface area contributed by atoms with Crippen LogP contribution in [0.4, 0.5) is 5.69 Å². The van der Waals surface area contributed by atoms with Gasteiger partial charge in [0.1, 0.15) is 0 Å². The van der Waals surface area contributed by atoms with E-state index < -0.39 is 0 Å². The highest BCUT2D eigenvalue weighted by molar-refractivity contribution is 6.32. The molecule has 0 saturated heterocycles. The van der Waals surface area contributed by atoms with Gasteiger partial charge in [-0.05, 0) is 37.8 Å². The van der Waals surface area contributed by atoms with E-state index in [9.17, 15) is 4.79 Å². The number of aryl methyl sites for hydroxylation is 1. The topological polar surface area (TPSA) is 68.0 Å². The molecule has 0 unspecified atom stereocenters. The molecule has 1 aromatic heterocycles. The second-order valence-corrected chi connectivity index (χ2v) is 5.15. The van der Waals surface area contributed by atoms with Crippen molar-refractivity contribution in [2.45, 2.75) is 38.1 Å². The lowest BCUT2D eigenvalue weighted by Gasteiger charge is -2.37. The molecule has 0 bridgehead atoms. The number of nitrogens with two attached hydrogens (primary N) is 1. The number of pyridine rings is 1. The zero-order valence-electron chi connectivity index (χ0n) is 9.79. The first kappa shape index (κ1) is 12.3. The van der Waals surface area contributed by atoms with Gasteiger partial charge in [0.15, 0.2) is 5.15 Å². The molecule has 3 N–H and O–H groups in total. The van der Waals surface area contributed by atoms with Crippen LogP contribution in [0.25, 0.3) is 0 Å². The Morgan fingerprint density at radius 3 is 2.94 bits per heavy atom. The molecule has 1 amide bonds. The molecule has 17 heavy (non-hydrogen) atoms. The Bertz CT molecular complexity index is 443. The van der Waals surface area contributed by atoms with Crippen LogP contribution < -0.4 is 11.1 Å². The van der Waals surface area contributed by atoms with Crippen LogP contribution in [0.5, 0.6) is 0 Å². The largest absolute Gasteiger partial charge is 0.325 e. The van der Waals surface area contributed by atoms with E-state index in [-0.39, 0.29) is 11.4 Å². The van der Waals surface area contributed by atoms with E-state index in [0.717, 1.165) is 24.8 Å². The minimum Gasteiger partial charge on any atom is -0.325 e. The molecular formula is C12H16ClN3O. The van der Waals surface area contributed by atoms with Gasteiger partial charge in [0.2, 0.25) is 5.91 Å². The summed E-state index contributed by atoms with van der Waals surface area (Å²) in [5.41, 5.74) is 7.21. The molecule has 4 nitrogen and oxygen atoms in total. The van der Waals surface area contributed by atoms with Crippen LogP contribution in [0.1, 0.15) is 31.2 Å². The smallest absolute Gasteiger partial charge is 0.226 e. The minimum atomic E-state index is -0.312. The van der Waals surface area contributed by atoms with Crippen LogP contribution in [0, 0.1) is 6.92 Å². The summed E-state index contributed by atoms with van der Waals surface area (Å²) in [6.07, 6.45) is 4.95. The lowest BCUT2D eigenvalue weighted by molar-refractivity contribution is -0.118. The fourth-order valence-corrected chi connectivity index (χ4v) is 2.11. The van der Waals surface area contributed by atoms with Crippen molar-refractivity contribution in [1.29, 1.82) is 0 Å². The van der Waals surface area contributed by atoms with Crippen LogP contribution in [-0.2, 0) is 4.79 Å². The predicted octanol–water partition coefficient (Wildman–Crippen LogP) is 2.25. The third-order valence-electron chi connectivity index (χ3n) is 3.11. The number of nitrogens with zero attached hydrogens (tertiary/aromatic N) is 1. The van der Waals surface area contributed by atoms with E-state index in [0.29, 0.717) is 17.3 Å². The van der Waals surface area contributed by atoms with E-state index in [2.05, 4.69) is 10.3 Å². The number of carbonyl (C=O) groups excluding carboxylic acids is 1. The third-order valence-corrected chi connectivity index (χ3v) is 3.41. The van der Waals surface area contributed by atoms with E-state index in [1.807, 2.05) is 6.92 Å². The molecule has 0 atom stereocenters. The average Bonchev–Trinajstić information content (AvgIpc) is 2.21. The Kier molecular flexibility index (Phi) is 3.35. The molecule has 0 aliphatic heterocycles. The molecule has 1 fully saturated rings. The zero-order valence-corrected chi connectivity index (χ0v) is 10.5.